The fourth-order valence-corrected chi connectivity index (χ4v) is 2.79. The zero-order chi connectivity index (χ0) is 15.5. The summed E-state index contributed by atoms with van der Waals surface area (Å²) in [5.74, 6) is -0.0184. The number of hydrogen-bond donors (Lipinski definition) is 2. The van der Waals surface area contributed by atoms with E-state index in [1.54, 1.807) is 0 Å². The average Bonchev–Trinajstić information content (AvgIpc) is 2.96. The zero-order valence-corrected chi connectivity index (χ0v) is 11.9. The Morgan fingerprint density at radius 2 is 1.95 bits per heavy atom. The number of nitrogens with one attached hydrogen (secondary N) is 2. The van der Waals surface area contributed by atoms with E-state index in [-0.39, 0.29) is 11.3 Å². The predicted molar refractivity (Wildman–Crippen MR) is 75.3 cm³/mol. The molecule has 0 radical (unpaired) electrons. The van der Waals surface area contributed by atoms with Crippen LogP contribution in [0.1, 0.15) is 41.6 Å². The number of carbonyl (C=O) groups excluding carboxylic acids is 1. The minimum Gasteiger partial charge on any atom is -0.387 e. The van der Waals surface area contributed by atoms with Crippen molar-refractivity contribution in [3.63, 3.8) is 0 Å². The van der Waals surface area contributed by atoms with E-state index < -0.39 is 17.6 Å². The summed E-state index contributed by atoms with van der Waals surface area (Å²) in [5.41, 5.74) is -0.960. The van der Waals surface area contributed by atoms with Gasteiger partial charge in [-0.15, -0.1) is 0 Å². The van der Waals surface area contributed by atoms with E-state index in [1.165, 1.54) is 19.2 Å². The van der Waals surface area contributed by atoms with Crippen LogP contribution in [0.5, 0.6) is 0 Å². The lowest BCUT2D eigenvalue weighted by molar-refractivity contribution is -0.136. The third-order valence-corrected chi connectivity index (χ3v) is 3.89. The number of halogens is 3. The van der Waals surface area contributed by atoms with Crippen molar-refractivity contribution in [2.24, 2.45) is 5.92 Å². The van der Waals surface area contributed by atoms with E-state index in [2.05, 4.69) is 10.6 Å². The van der Waals surface area contributed by atoms with Crippen LogP contribution < -0.4 is 10.6 Å². The number of benzene rings is 1. The van der Waals surface area contributed by atoms with Gasteiger partial charge < -0.3 is 10.6 Å². The number of alkyl halides is 3. The number of para-hydroxylation sites is 1. The lowest BCUT2D eigenvalue weighted by Gasteiger charge is -2.17. The van der Waals surface area contributed by atoms with Gasteiger partial charge in [-0.25, -0.2) is 0 Å². The number of rotatable bonds is 4. The molecule has 2 rings (SSSR count). The highest BCUT2D eigenvalue weighted by Crippen LogP contribution is 2.36. The quantitative estimate of drug-likeness (QED) is 0.891. The molecular weight excluding hydrogens is 281 g/mol. The summed E-state index contributed by atoms with van der Waals surface area (Å²) < 4.78 is 38.8. The van der Waals surface area contributed by atoms with Gasteiger partial charge in [0.2, 0.25) is 0 Å². The van der Waals surface area contributed by atoms with Crippen LogP contribution in [-0.2, 0) is 6.18 Å². The van der Waals surface area contributed by atoms with Crippen LogP contribution in [0, 0.1) is 5.92 Å². The van der Waals surface area contributed by atoms with E-state index in [0.717, 1.165) is 31.7 Å². The number of amides is 1. The van der Waals surface area contributed by atoms with Gasteiger partial charge >= 0.3 is 6.18 Å². The molecule has 0 unspecified atom stereocenters. The molecule has 1 aliphatic rings. The summed E-state index contributed by atoms with van der Waals surface area (Å²) >= 11 is 0. The Bertz CT molecular complexity index is 508. The maximum Gasteiger partial charge on any atom is 0.418 e. The Morgan fingerprint density at radius 1 is 1.29 bits per heavy atom. The van der Waals surface area contributed by atoms with E-state index in [4.69, 9.17) is 0 Å². The van der Waals surface area contributed by atoms with Gasteiger partial charge in [0.1, 0.15) is 0 Å². The lowest BCUT2D eigenvalue weighted by atomic mass is 10.0. The third-order valence-electron chi connectivity index (χ3n) is 3.89. The highest BCUT2D eigenvalue weighted by atomic mass is 19.4. The van der Waals surface area contributed by atoms with Gasteiger partial charge in [-0.2, -0.15) is 13.2 Å². The second-order valence-corrected chi connectivity index (χ2v) is 5.34. The highest BCUT2D eigenvalue weighted by Gasteiger charge is 2.35. The maximum absolute atomic E-state index is 12.9. The Balaban J connectivity index is 2.16. The topological polar surface area (TPSA) is 41.1 Å². The van der Waals surface area contributed by atoms with Crippen LogP contribution in [0.15, 0.2) is 18.2 Å². The van der Waals surface area contributed by atoms with E-state index in [1.807, 2.05) is 0 Å². The van der Waals surface area contributed by atoms with Crippen LogP contribution in [0.3, 0.4) is 0 Å². The molecule has 21 heavy (non-hydrogen) atoms. The van der Waals surface area contributed by atoms with E-state index in [0.29, 0.717) is 12.5 Å². The molecule has 0 aliphatic heterocycles. The van der Waals surface area contributed by atoms with Crippen molar-refractivity contribution in [2.45, 2.75) is 31.9 Å². The number of carbonyl (C=O) groups is 1. The van der Waals surface area contributed by atoms with Crippen molar-refractivity contribution in [3.05, 3.63) is 29.3 Å². The minimum absolute atomic E-state index is 0.0327. The highest BCUT2D eigenvalue weighted by molar-refractivity contribution is 6.00. The minimum atomic E-state index is -4.49. The van der Waals surface area contributed by atoms with Crippen LogP contribution in [0.2, 0.25) is 0 Å². The molecule has 1 saturated carbocycles. The van der Waals surface area contributed by atoms with Gasteiger partial charge in [-0.05, 0) is 30.9 Å². The molecule has 0 bridgehead atoms. The molecule has 0 heterocycles. The average molecular weight is 300 g/mol. The third kappa shape index (κ3) is 3.68. The molecule has 1 aromatic rings. The summed E-state index contributed by atoms with van der Waals surface area (Å²) in [6, 6.07) is 3.64. The Hall–Kier alpha value is -1.72. The van der Waals surface area contributed by atoms with Gasteiger partial charge in [0, 0.05) is 13.6 Å². The Morgan fingerprint density at radius 3 is 2.52 bits per heavy atom. The Labute approximate surface area is 121 Å². The molecule has 1 fully saturated rings. The van der Waals surface area contributed by atoms with Crippen molar-refractivity contribution < 1.29 is 18.0 Å². The molecule has 0 aromatic heterocycles. The molecule has 2 N–H and O–H groups in total. The molecule has 3 nitrogen and oxygen atoms in total. The van der Waals surface area contributed by atoms with Gasteiger partial charge in [0.05, 0.1) is 16.8 Å². The largest absolute Gasteiger partial charge is 0.418 e. The van der Waals surface area contributed by atoms with Crippen LogP contribution in [-0.4, -0.2) is 19.5 Å². The molecule has 1 amide bonds. The van der Waals surface area contributed by atoms with E-state index >= 15 is 0 Å². The molecule has 116 valence electrons. The predicted octanol–water partition coefficient (Wildman–Crippen LogP) is 3.67. The van der Waals surface area contributed by atoms with E-state index in [9.17, 15) is 18.0 Å². The Kier molecular flexibility index (Phi) is 4.75. The van der Waals surface area contributed by atoms with Crippen LogP contribution in [0.4, 0.5) is 18.9 Å². The van der Waals surface area contributed by atoms with Gasteiger partial charge in [-0.3, -0.25) is 4.79 Å². The van der Waals surface area contributed by atoms with Crippen molar-refractivity contribution in [1.82, 2.24) is 5.32 Å². The summed E-state index contributed by atoms with van der Waals surface area (Å²) in [7, 11) is 1.39. The van der Waals surface area contributed by atoms with Crippen LogP contribution in [0.25, 0.3) is 0 Å². The summed E-state index contributed by atoms with van der Waals surface area (Å²) in [5, 5.41) is 5.25. The molecular formula is C15H19F3N2O. The first-order valence-electron chi connectivity index (χ1n) is 7.09. The second kappa shape index (κ2) is 6.37. The number of anilines is 1. The van der Waals surface area contributed by atoms with Crippen molar-refractivity contribution in [1.29, 1.82) is 0 Å². The van der Waals surface area contributed by atoms with Crippen molar-refractivity contribution in [3.8, 4) is 0 Å². The molecule has 0 spiro atoms. The molecule has 6 heteroatoms. The monoisotopic (exact) mass is 300 g/mol. The van der Waals surface area contributed by atoms with Gasteiger partial charge in [-0.1, -0.05) is 18.9 Å². The smallest absolute Gasteiger partial charge is 0.387 e. The second-order valence-electron chi connectivity index (χ2n) is 5.34. The molecule has 0 atom stereocenters. The van der Waals surface area contributed by atoms with Crippen molar-refractivity contribution in [2.75, 3.05) is 18.9 Å². The summed E-state index contributed by atoms with van der Waals surface area (Å²) in [4.78, 5) is 12.1. The first kappa shape index (κ1) is 15.7. The maximum atomic E-state index is 12.9. The molecule has 1 aromatic carbocycles. The first-order chi connectivity index (χ1) is 9.93. The SMILES string of the molecule is CNc1c(C(=O)NCC2CCCC2)cccc1C(F)(F)F. The standard InChI is InChI=1S/C15H19F3N2O/c1-19-13-11(7-4-8-12(13)15(16,17)18)14(21)20-9-10-5-2-3-6-10/h4,7-8,10,19H,2-3,5-6,9H2,1H3,(H,20,21). The number of hydrogen-bond acceptors (Lipinski definition) is 2. The normalized spacial score (nSPS) is 16.0. The van der Waals surface area contributed by atoms with Gasteiger partial charge in [0.25, 0.3) is 5.91 Å². The molecule has 1 aliphatic carbocycles. The van der Waals surface area contributed by atoms with Gasteiger partial charge in [0.15, 0.2) is 0 Å². The summed E-state index contributed by atoms with van der Waals surface area (Å²) in [6.07, 6.45) is -0.0265. The fraction of sp³-hybridized carbons (Fsp3) is 0.533. The van der Waals surface area contributed by atoms with Crippen molar-refractivity contribution >= 4 is 11.6 Å². The first-order valence-corrected chi connectivity index (χ1v) is 7.09. The fourth-order valence-electron chi connectivity index (χ4n) is 2.79. The lowest BCUT2D eigenvalue weighted by Crippen LogP contribution is -2.29. The van der Waals surface area contributed by atoms with Crippen LogP contribution >= 0.6 is 0 Å². The zero-order valence-electron chi connectivity index (χ0n) is 11.9. The summed E-state index contributed by atoms with van der Waals surface area (Å²) in [6.45, 7) is 0.526. The molecule has 0 saturated heterocycles.